The van der Waals surface area contributed by atoms with Gasteiger partial charge in [0, 0.05) is 45.5 Å². The van der Waals surface area contributed by atoms with Crippen molar-refractivity contribution in [3.63, 3.8) is 0 Å². The van der Waals surface area contributed by atoms with Gasteiger partial charge >= 0.3 is 0 Å². The SMILES string of the molecule is CNC(=O)Cc1ccc2c(c1)CCO[C@@H]2CCN1CCN(c2ccc(OC)cc2)CC1. The molecule has 2 aromatic rings. The lowest BCUT2D eigenvalue weighted by Gasteiger charge is -2.37. The summed E-state index contributed by atoms with van der Waals surface area (Å²) in [6.07, 6.45) is 2.52. The van der Waals surface area contributed by atoms with E-state index in [1.54, 1.807) is 14.2 Å². The summed E-state index contributed by atoms with van der Waals surface area (Å²) < 4.78 is 11.4. The van der Waals surface area contributed by atoms with Crippen molar-refractivity contribution in [1.29, 1.82) is 0 Å². The van der Waals surface area contributed by atoms with Gasteiger partial charge in [-0.3, -0.25) is 9.69 Å². The molecule has 2 heterocycles. The van der Waals surface area contributed by atoms with Gasteiger partial charge in [0.25, 0.3) is 0 Å². The zero-order chi connectivity index (χ0) is 21.6. The van der Waals surface area contributed by atoms with Crippen LogP contribution in [0.15, 0.2) is 42.5 Å². The Morgan fingerprint density at radius 1 is 1.13 bits per heavy atom. The summed E-state index contributed by atoms with van der Waals surface area (Å²) >= 11 is 0. The number of methoxy groups -OCH3 is 1. The first-order valence-corrected chi connectivity index (χ1v) is 11.2. The van der Waals surface area contributed by atoms with Gasteiger partial charge in [-0.25, -0.2) is 0 Å². The zero-order valence-electron chi connectivity index (χ0n) is 18.6. The maximum atomic E-state index is 11.7. The fourth-order valence-electron chi connectivity index (χ4n) is 4.54. The normalized spacial score (nSPS) is 19.0. The first-order chi connectivity index (χ1) is 15.2. The summed E-state index contributed by atoms with van der Waals surface area (Å²) in [6.45, 7) is 6.01. The van der Waals surface area contributed by atoms with Gasteiger partial charge in [-0.15, -0.1) is 0 Å². The van der Waals surface area contributed by atoms with Crippen LogP contribution in [0.2, 0.25) is 0 Å². The van der Waals surface area contributed by atoms with E-state index >= 15 is 0 Å². The second kappa shape index (κ2) is 10.2. The maximum absolute atomic E-state index is 11.7. The number of carbonyl (C=O) groups is 1. The molecule has 0 radical (unpaired) electrons. The second-order valence-corrected chi connectivity index (χ2v) is 8.31. The van der Waals surface area contributed by atoms with Crippen molar-refractivity contribution in [2.75, 3.05) is 58.4 Å². The third-order valence-corrected chi connectivity index (χ3v) is 6.41. The average Bonchev–Trinajstić information content (AvgIpc) is 2.83. The van der Waals surface area contributed by atoms with E-state index in [2.05, 4.69) is 45.4 Å². The Bertz CT molecular complexity index is 876. The van der Waals surface area contributed by atoms with Crippen molar-refractivity contribution < 1.29 is 14.3 Å². The van der Waals surface area contributed by atoms with E-state index in [9.17, 15) is 4.79 Å². The molecule has 6 heteroatoms. The number of likely N-dealkylation sites (N-methyl/N-ethyl adjacent to an activating group) is 1. The fraction of sp³-hybridized carbons (Fsp3) is 0.480. The summed E-state index contributed by atoms with van der Waals surface area (Å²) in [5, 5.41) is 2.70. The highest BCUT2D eigenvalue weighted by Gasteiger charge is 2.23. The van der Waals surface area contributed by atoms with E-state index in [-0.39, 0.29) is 12.0 Å². The number of rotatable bonds is 7. The molecular weight excluding hydrogens is 390 g/mol. The molecule has 0 aromatic heterocycles. The third-order valence-electron chi connectivity index (χ3n) is 6.41. The van der Waals surface area contributed by atoms with Gasteiger partial charge in [-0.2, -0.15) is 0 Å². The number of fused-ring (bicyclic) bond motifs is 1. The molecule has 1 amide bonds. The van der Waals surface area contributed by atoms with Gasteiger partial charge in [-0.05, 0) is 53.8 Å². The number of anilines is 1. The van der Waals surface area contributed by atoms with Gasteiger partial charge in [-0.1, -0.05) is 18.2 Å². The van der Waals surface area contributed by atoms with E-state index in [0.717, 1.165) is 63.5 Å². The molecule has 2 aliphatic heterocycles. The molecule has 0 saturated carbocycles. The summed E-state index contributed by atoms with van der Waals surface area (Å²) in [5.74, 6) is 0.952. The van der Waals surface area contributed by atoms with Crippen molar-refractivity contribution in [2.24, 2.45) is 0 Å². The molecule has 1 atom stereocenters. The van der Waals surface area contributed by atoms with Gasteiger partial charge < -0.3 is 19.7 Å². The van der Waals surface area contributed by atoms with Gasteiger partial charge in [0.15, 0.2) is 0 Å². The minimum Gasteiger partial charge on any atom is -0.497 e. The molecule has 0 spiro atoms. The minimum atomic E-state index is 0.0531. The van der Waals surface area contributed by atoms with Gasteiger partial charge in [0.2, 0.25) is 5.91 Å². The summed E-state index contributed by atoms with van der Waals surface area (Å²) in [6, 6.07) is 14.8. The summed E-state index contributed by atoms with van der Waals surface area (Å²) in [4.78, 5) is 16.7. The van der Waals surface area contributed by atoms with E-state index < -0.39 is 0 Å². The molecule has 0 unspecified atom stereocenters. The number of piperazine rings is 1. The lowest BCUT2D eigenvalue weighted by Crippen LogP contribution is -2.46. The number of nitrogens with zero attached hydrogens (tertiary/aromatic N) is 2. The van der Waals surface area contributed by atoms with Crippen molar-refractivity contribution in [1.82, 2.24) is 10.2 Å². The number of carbonyl (C=O) groups excluding carboxylic acids is 1. The largest absolute Gasteiger partial charge is 0.497 e. The van der Waals surface area contributed by atoms with Crippen LogP contribution in [0, 0.1) is 0 Å². The molecular formula is C25H33N3O3. The Kier molecular flexibility index (Phi) is 7.10. The second-order valence-electron chi connectivity index (χ2n) is 8.31. The van der Waals surface area contributed by atoms with Crippen LogP contribution in [0.3, 0.4) is 0 Å². The summed E-state index contributed by atoms with van der Waals surface area (Å²) in [5.41, 5.74) is 4.97. The maximum Gasteiger partial charge on any atom is 0.224 e. The van der Waals surface area contributed by atoms with E-state index in [1.165, 1.54) is 16.8 Å². The lowest BCUT2D eigenvalue weighted by atomic mass is 9.93. The highest BCUT2D eigenvalue weighted by Crippen LogP contribution is 2.31. The predicted octanol–water partition coefficient (Wildman–Crippen LogP) is 2.81. The van der Waals surface area contributed by atoms with Crippen molar-refractivity contribution in [3.8, 4) is 5.75 Å². The number of hydrogen-bond donors (Lipinski definition) is 1. The van der Waals surface area contributed by atoms with Crippen molar-refractivity contribution >= 4 is 11.6 Å². The van der Waals surface area contributed by atoms with Crippen molar-refractivity contribution in [2.45, 2.75) is 25.4 Å². The summed E-state index contributed by atoms with van der Waals surface area (Å²) in [7, 11) is 3.38. The van der Waals surface area contributed by atoms with Crippen LogP contribution in [0.5, 0.6) is 5.75 Å². The minimum absolute atomic E-state index is 0.0531. The average molecular weight is 424 g/mol. The molecule has 0 aliphatic carbocycles. The Labute approximate surface area is 185 Å². The highest BCUT2D eigenvalue weighted by atomic mass is 16.5. The van der Waals surface area contributed by atoms with E-state index in [0.29, 0.717) is 6.42 Å². The van der Waals surface area contributed by atoms with Crippen LogP contribution >= 0.6 is 0 Å². The number of amides is 1. The molecule has 2 aromatic carbocycles. The number of hydrogen-bond acceptors (Lipinski definition) is 5. The zero-order valence-corrected chi connectivity index (χ0v) is 18.6. The topological polar surface area (TPSA) is 54.0 Å². The highest BCUT2D eigenvalue weighted by molar-refractivity contribution is 5.78. The van der Waals surface area contributed by atoms with Crippen LogP contribution in [0.4, 0.5) is 5.69 Å². The molecule has 1 fully saturated rings. The molecule has 166 valence electrons. The quantitative estimate of drug-likeness (QED) is 0.742. The third kappa shape index (κ3) is 5.38. The molecule has 0 bridgehead atoms. The van der Waals surface area contributed by atoms with E-state index in [1.807, 2.05) is 12.1 Å². The van der Waals surface area contributed by atoms with Gasteiger partial charge in [0.05, 0.1) is 26.2 Å². The van der Waals surface area contributed by atoms with Crippen LogP contribution < -0.4 is 15.0 Å². The number of ether oxygens (including phenoxy) is 2. The predicted molar refractivity (Wildman–Crippen MR) is 123 cm³/mol. The molecule has 4 rings (SSSR count). The molecule has 2 aliphatic rings. The Morgan fingerprint density at radius 3 is 2.61 bits per heavy atom. The Morgan fingerprint density at radius 2 is 1.90 bits per heavy atom. The van der Waals surface area contributed by atoms with Gasteiger partial charge in [0.1, 0.15) is 5.75 Å². The Hall–Kier alpha value is -2.57. The molecule has 6 nitrogen and oxygen atoms in total. The number of nitrogens with one attached hydrogen (secondary N) is 1. The monoisotopic (exact) mass is 423 g/mol. The number of benzene rings is 2. The standard InChI is InChI=1S/C25H33N3O3/c1-26-25(29)18-19-3-8-23-20(17-19)10-16-31-24(23)9-11-27-12-14-28(15-13-27)21-4-6-22(30-2)7-5-21/h3-8,17,24H,9-16,18H2,1-2H3,(H,26,29)/t24-/m1/s1. The molecule has 1 N–H and O–H groups in total. The first kappa shape index (κ1) is 21.7. The van der Waals surface area contributed by atoms with Crippen molar-refractivity contribution in [3.05, 3.63) is 59.2 Å². The lowest BCUT2D eigenvalue weighted by molar-refractivity contribution is -0.119. The van der Waals surface area contributed by atoms with Crippen LogP contribution in [-0.2, 0) is 22.4 Å². The van der Waals surface area contributed by atoms with Crippen LogP contribution in [0.1, 0.15) is 29.2 Å². The fourth-order valence-corrected chi connectivity index (χ4v) is 4.54. The van der Waals surface area contributed by atoms with Crippen LogP contribution in [0.25, 0.3) is 0 Å². The molecule has 31 heavy (non-hydrogen) atoms. The smallest absolute Gasteiger partial charge is 0.224 e. The first-order valence-electron chi connectivity index (χ1n) is 11.2. The van der Waals surface area contributed by atoms with Crippen LogP contribution in [-0.4, -0.2) is 64.3 Å². The Balaban J connectivity index is 1.29. The molecule has 1 saturated heterocycles. The van der Waals surface area contributed by atoms with E-state index in [4.69, 9.17) is 9.47 Å².